The summed E-state index contributed by atoms with van der Waals surface area (Å²) < 4.78 is 53.5. The first kappa shape index (κ1) is 21.0. The maximum atomic E-state index is 14.0. The lowest BCUT2D eigenvalue weighted by Crippen LogP contribution is -2.28. The molecule has 154 valence electrons. The van der Waals surface area contributed by atoms with Crippen LogP contribution in [0.4, 0.5) is 22.7 Å². The lowest BCUT2D eigenvalue weighted by Gasteiger charge is -2.24. The van der Waals surface area contributed by atoms with Gasteiger partial charge in [-0.15, -0.1) is 0 Å². The number of hydrogen-bond donors (Lipinski definition) is 1. The zero-order valence-electron chi connectivity index (χ0n) is 15.8. The predicted molar refractivity (Wildman–Crippen MR) is 101 cm³/mol. The summed E-state index contributed by atoms with van der Waals surface area (Å²) in [7, 11) is 0. The average molecular weight is 417 g/mol. The second kappa shape index (κ2) is 8.32. The highest BCUT2D eigenvalue weighted by molar-refractivity contribution is 7.16. The summed E-state index contributed by atoms with van der Waals surface area (Å²) in [5, 5.41) is 2.92. The predicted octanol–water partition coefficient (Wildman–Crippen LogP) is 5.29. The normalized spacial score (nSPS) is 23.5. The smallest absolute Gasteiger partial charge is 0.302 e. The third-order valence-corrected chi connectivity index (χ3v) is 6.09. The van der Waals surface area contributed by atoms with Crippen LogP contribution in [0.25, 0.3) is 5.57 Å². The highest BCUT2D eigenvalue weighted by Crippen LogP contribution is 2.42. The summed E-state index contributed by atoms with van der Waals surface area (Å²) in [4.78, 5) is 18.8. The van der Waals surface area contributed by atoms with E-state index in [1.54, 1.807) is 0 Å². The van der Waals surface area contributed by atoms with E-state index in [9.17, 15) is 22.4 Å². The van der Waals surface area contributed by atoms with Crippen molar-refractivity contribution in [2.45, 2.75) is 58.3 Å². The van der Waals surface area contributed by atoms with Crippen LogP contribution in [0.1, 0.15) is 50.1 Å². The molecule has 1 saturated heterocycles. The van der Waals surface area contributed by atoms with Gasteiger partial charge in [0.15, 0.2) is 5.13 Å². The van der Waals surface area contributed by atoms with Crippen LogP contribution in [0.2, 0.25) is 0 Å². The summed E-state index contributed by atoms with van der Waals surface area (Å²) in [6.45, 7) is 4.89. The lowest BCUT2D eigenvalue weighted by molar-refractivity contribution is -0.160. The SMILES string of the molecule is CC[C@@H]1CCCN1Cc1sc(NC(C)=O)nc1C1=CC(F)=CC(C(F)(F)F)C1. The van der Waals surface area contributed by atoms with E-state index in [0.717, 1.165) is 36.8 Å². The maximum absolute atomic E-state index is 14.0. The van der Waals surface area contributed by atoms with Crippen molar-refractivity contribution < 1.29 is 22.4 Å². The fourth-order valence-electron chi connectivity index (χ4n) is 3.80. The van der Waals surface area contributed by atoms with Crippen molar-refractivity contribution in [3.8, 4) is 0 Å². The van der Waals surface area contributed by atoms with Crippen molar-refractivity contribution in [1.29, 1.82) is 0 Å². The maximum Gasteiger partial charge on any atom is 0.395 e. The number of amides is 1. The van der Waals surface area contributed by atoms with Crippen LogP contribution in [-0.4, -0.2) is 34.6 Å². The molecule has 9 heteroatoms. The zero-order chi connectivity index (χ0) is 20.5. The fourth-order valence-corrected chi connectivity index (χ4v) is 4.87. The number of nitrogens with zero attached hydrogens (tertiary/aromatic N) is 2. The first-order valence-electron chi connectivity index (χ1n) is 9.33. The molecule has 0 radical (unpaired) electrons. The summed E-state index contributed by atoms with van der Waals surface area (Å²) in [6.07, 6.45) is 0.00131. The second-order valence-electron chi connectivity index (χ2n) is 7.22. The Balaban J connectivity index is 1.93. The third-order valence-electron chi connectivity index (χ3n) is 5.13. The molecule has 1 aliphatic heterocycles. The molecule has 3 rings (SSSR count). The van der Waals surface area contributed by atoms with Gasteiger partial charge in [0.25, 0.3) is 0 Å². The molecular formula is C19H23F4N3OS. The Kier molecular flexibility index (Phi) is 6.24. The van der Waals surface area contributed by atoms with Crippen LogP contribution in [0.3, 0.4) is 0 Å². The highest BCUT2D eigenvalue weighted by atomic mass is 32.1. The first-order chi connectivity index (χ1) is 13.2. The van der Waals surface area contributed by atoms with Crippen molar-refractivity contribution in [3.63, 3.8) is 0 Å². The Labute approximate surface area is 165 Å². The standard InChI is InChI=1S/C19H23F4N3OS/c1-3-15-5-4-6-26(15)10-16-17(25-18(28-16)24-11(2)27)12-7-13(19(21,22)23)9-14(20)8-12/h8-9,13,15H,3-7,10H2,1-2H3,(H,24,25,27)/t13?,15-/m1/s1. The first-order valence-corrected chi connectivity index (χ1v) is 10.1. The van der Waals surface area contributed by atoms with Crippen molar-refractivity contribution >= 4 is 27.9 Å². The number of thiazole rings is 1. The van der Waals surface area contributed by atoms with Gasteiger partial charge in [-0.25, -0.2) is 9.37 Å². The van der Waals surface area contributed by atoms with E-state index in [2.05, 4.69) is 22.1 Å². The Morgan fingerprint density at radius 2 is 2.18 bits per heavy atom. The van der Waals surface area contributed by atoms with Crippen molar-refractivity contribution in [3.05, 3.63) is 28.5 Å². The fraction of sp³-hybridized carbons (Fsp3) is 0.579. The number of carbonyl (C=O) groups is 1. The number of likely N-dealkylation sites (tertiary alicyclic amines) is 1. The lowest BCUT2D eigenvalue weighted by atomic mass is 9.91. The van der Waals surface area contributed by atoms with Gasteiger partial charge in [0.2, 0.25) is 5.91 Å². The number of anilines is 1. The summed E-state index contributed by atoms with van der Waals surface area (Å²) in [5.74, 6) is -3.09. The van der Waals surface area contributed by atoms with Crippen molar-refractivity contribution in [2.75, 3.05) is 11.9 Å². The molecule has 1 fully saturated rings. The number of allylic oxidation sites excluding steroid dienone is 4. The molecule has 2 heterocycles. The molecule has 0 spiro atoms. The summed E-state index contributed by atoms with van der Waals surface area (Å²) >= 11 is 1.24. The molecule has 0 saturated carbocycles. The topological polar surface area (TPSA) is 45.2 Å². The molecule has 1 amide bonds. The van der Waals surface area contributed by atoms with Gasteiger partial charge in [-0.3, -0.25) is 9.69 Å². The van der Waals surface area contributed by atoms with E-state index in [0.29, 0.717) is 29.5 Å². The molecule has 1 unspecified atom stereocenters. The number of carbonyl (C=O) groups excluding carboxylic acids is 1. The van der Waals surface area contributed by atoms with E-state index in [1.807, 2.05) is 0 Å². The van der Waals surface area contributed by atoms with E-state index in [-0.39, 0.29) is 17.9 Å². The molecule has 28 heavy (non-hydrogen) atoms. The molecule has 1 N–H and O–H groups in total. The minimum atomic E-state index is -4.52. The molecular weight excluding hydrogens is 394 g/mol. The second-order valence-corrected chi connectivity index (χ2v) is 8.30. The number of aromatic nitrogens is 1. The number of rotatable bonds is 5. The Hall–Kier alpha value is -1.74. The molecule has 2 aliphatic rings. The van der Waals surface area contributed by atoms with Gasteiger partial charge < -0.3 is 5.32 Å². The van der Waals surface area contributed by atoms with E-state index in [4.69, 9.17) is 0 Å². The number of hydrogen-bond acceptors (Lipinski definition) is 4. The van der Waals surface area contributed by atoms with Gasteiger partial charge in [0, 0.05) is 24.4 Å². The number of alkyl halides is 3. The van der Waals surface area contributed by atoms with Gasteiger partial charge in [0.1, 0.15) is 5.83 Å². The van der Waals surface area contributed by atoms with Gasteiger partial charge in [-0.05, 0) is 50.0 Å². The molecule has 1 aromatic heterocycles. The summed E-state index contributed by atoms with van der Waals surface area (Å²) in [5.41, 5.74) is 0.574. The Bertz CT molecular complexity index is 800. The number of nitrogens with one attached hydrogen (secondary N) is 1. The molecule has 1 aliphatic carbocycles. The van der Waals surface area contributed by atoms with Crippen LogP contribution in [-0.2, 0) is 11.3 Å². The van der Waals surface area contributed by atoms with E-state index in [1.165, 1.54) is 18.3 Å². The van der Waals surface area contributed by atoms with Crippen LogP contribution >= 0.6 is 11.3 Å². The quantitative estimate of drug-likeness (QED) is 0.662. The third kappa shape index (κ3) is 4.81. The minimum Gasteiger partial charge on any atom is -0.302 e. The van der Waals surface area contributed by atoms with Gasteiger partial charge in [-0.2, -0.15) is 13.2 Å². The Morgan fingerprint density at radius 1 is 1.43 bits per heavy atom. The van der Waals surface area contributed by atoms with E-state index >= 15 is 0 Å². The zero-order valence-corrected chi connectivity index (χ0v) is 16.6. The molecule has 1 aromatic rings. The molecule has 4 nitrogen and oxygen atoms in total. The average Bonchev–Trinajstić information content (AvgIpc) is 3.20. The largest absolute Gasteiger partial charge is 0.395 e. The van der Waals surface area contributed by atoms with Crippen LogP contribution in [0.5, 0.6) is 0 Å². The van der Waals surface area contributed by atoms with Crippen molar-refractivity contribution in [2.24, 2.45) is 5.92 Å². The minimum absolute atomic E-state index is 0.220. The molecule has 0 bridgehead atoms. The van der Waals surface area contributed by atoms with Crippen molar-refractivity contribution in [1.82, 2.24) is 9.88 Å². The van der Waals surface area contributed by atoms with Crippen LogP contribution in [0, 0.1) is 5.92 Å². The van der Waals surface area contributed by atoms with Gasteiger partial charge >= 0.3 is 6.18 Å². The molecule has 2 atom stereocenters. The van der Waals surface area contributed by atoms with Crippen LogP contribution in [0.15, 0.2) is 18.0 Å². The molecule has 0 aromatic carbocycles. The van der Waals surface area contributed by atoms with Gasteiger partial charge in [-0.1, -0.05) is 18.3 Å². The van der Waals surface area contributed by atoms with E-state index < -0.39 is 17.9 Å². The highest BCUT2D eigenvalue weighted by Gasteiger charge is 2.41. The summed E-state index contributed by atoms with van der Waals surface area (Å²) in [6, 6.07) is 0.416. The number of halogens is 4. The monoisotopic (exact) mass is 417 g/mol. The Morgan fingerprint density at radius 3 is 2.82 bits per heavy atom. The van der Waals surface area contributed by atoms with Crippen LogP contribution < -0.4 is 5.32 Å². The van der Waals surface area contributed by atoms with Gasteiger partial charge in [0.05, 0.1) is 11.6 Å².